The van der Waals surface area contributed by atoms with E-state index in [0.717, 1.165) is 18.0 Å². The summed E-state index contributed by atoms with van der Waals surface area (Å²) >= 11 is 2.32. The SMILES string of the molecule is CS(=O)(=O)c1ccccc1Sc1sccc1[N+](=O)[O-]. The van der Waals surface area contributed by atoms with Gasteiger partial charge in [0.05, 0.1) is 9.82 Å². The zero-order chi connectivity index (χ0) is 14.0. The van der Waals surface area contributed by atoms with Crippen molar-refractivity contribution in [3.05, 3.63) is 45.8 Å². The third kappa shape index (κ3) is 3.14. The Kier molecular flexibility index (Phi) is 3.93. The van der Waals surface area contributed by atoms with Gasteiger partial charge in [0.1, 0.15) is 4.21 Å². The smallest absolute Gasteiger partial charge is 0.258 e. The van der Waals surface area contributed by atoms with E-state index >= 15 is 0 Å². The maximum atomic E-state index is 11.7. The molecular weight excluding hydrogens is 306 g/mol. The van der Waals surface area contributed by atoms with Gasteiger partial charge < -0.3 is 0 Å². The lowest BCUT2D eigenvalue weighted by atomic mass is 10.4. The second-order valence-corrected chi connectivity index (χ2v) is 7.88. The summed E-state index contributed by atoms with van der Waals surface area (Å²) < 4.78 is 23.8. The molecule has 0 amide bonds. The van der Waals surface area contributed by atoms with Crippen molar-refractivity contribution in [1.82, 2.24) is 0 Å². The number of thiophene rings is 1. The van der Waals surface area contributed by atoms with Gasteiger partial charge in [-0.2, -0.15) is 0 Å². The van der Waals surface area contributed by atoms with Crippen molar-refractivity contribution in [2.24, 2.45) is 0 Å². The molecule has 0 N–H and O–H groups in total. The van der Waals surface area contributed by atoms with Crippen molar-refractivity contribution in [2.45, 2.75) is 14.0 Å². The molecule has 0 aliphatic carbocycles. The van der Waals surface area contributed by atoms with Crippen LogP contribution in [0.4, 0.5) is 5.69 Å². The molecule has 5 nitrogen and oxygen atoms in total. The minimum atomic E-state index is -3.36. The standard InChI is InChI=1S/C11H9NO4S3/c1-19(15,16)10-5-3-2-4-9(10)18-11-8(12(13)14)6-7-17-11/h2-7H,1H3. The van der Waals surface area contributed by atoms with Gasteiger partial charge in [-0.3, -0.25) is 10.1 Å². The van der Waals surface area contributed by atoms with E-state index < -0.39 is 14.8 Å². The van der Waals surface area contributed by atoms with Crippen molar-refractivity contribution in [3.8, 4) is 0 Å². The van der Waals surface area contributed by atoms with Crippen molar-refractivity contribution >= 4 is 38.6 Å². The molecule has 19 heavy (non-hydrogen) atoms. The highest BCUT2D eigenvalue weighted by Gasteiger charge is 2.20. The summed E-state index contributed by atoms with van der Waals surface area (Å²) in [6, 6.07) is 7.89. The summed E-state index contributed by atoms with van der Waals surface area (Å²) in [5, 5.41) is 12.5. The minimum absolute atomic E-state index is 0.00157. The minimum Gasteiger partial charge on any atom is -0.258 e. The Bertz CT molecular complexity index is 721. The van der Waals surface area contributed by atoms with Gasteiger partial charge in [0.2, 0.25) is 0 Å². The maximum absolute atomic E-state index is 11.7. The number of hydrogen-bond donors (Lipinski definition) is 0. The van der Waals surface area contributed by atoms with E-state index in [1.807, 2.05) is 0 Å². The predicted molar refractivity (Wildman–Crippen MR) is 74.6 cm³/mol. The molecule has 0 fully saturated rings. The van der Waals surface area contributed by atoms with Crippen molar-refractivity contribution in [3.63, 3.8) is 0 Å². The van der Waals surface area contributed by atoms with Crippen LogP contribution in [-0.2, 0) is 9.84 Å². The lowest BCUT2D eigenvalue weighted by Crippen LogP contribution is -1.98. The summed E-state index contributed by atoms with van der Waals surface area (Å²) in [5.41, 5.74) is -0.00157. The van der Waals surface area contributed by atoms with Crippen LogP contribution in [0.5, 0.6) is 0 Å². The van der Waals surface area contributed by atoms with Gasteiger partial charge in [-0.05, 0) is 17.5 Å². The predicted octanol–water partition coefficient (Wildman–Crippen LogP) is 3.21. The van der Waals surface area contributed by atoms with E-state index in [2.05, 4.69) is 0 Å². The van der Waals surface area contributed by atoms with Crippen LogP contribution in [0, 0.1) is 10.1 Å². The normalized spacial score (nSPS) is 11.4. The van der Waals surface area contributed by atoms with Crippen LogP contribution in [0.1, 0.15) is 0 Å². The summed E-state index contributed by atoms with van der Waals surface area (Å²) in [6.07, 6.45) is 1.12. The molecule has 0 radical (unpaired) electrons. The van der Waals surface area contributed by atoms with Gasteiger partial charge >= 0.3 is 0 Å². The van der Waals surface area contributed by atoms with E-state index in [1.165, 1.54) is 23.5 Å². The Morgan fingerprint density at radius 3 is 2.58 bits per heavy atom. The van der Waals surface area contributed by atoms with Crippen molar-refractivity contribution in [2.75, 3.05) is 6.26 Å². The number of rotatable bonds is 4. The van der Waals surface area contributed by atoms with E-state index in [4.69, 9.17) is 0 Å². The van der Waals surface area contributed by atoms with Gasteiger partial charge in [-0.25, -0.2) is 8.42 Å². The average Bonchev–Trinajstić information content (AvgIpc) is 2.76. The lowest BCUT2D eigenvalue weighted by Gasteiger charge is -2.05. The molecule has 0 spiro atoms. The number of hydrogen-bond acceptors (Lipinski definition) is 6. The Morgan fingerprint density at radius 2 is 1.95 bits per heavy atom. The quantitative estimate of drug-likeness (QED) is 0.639. The van der Waals surface area contributed by atoms with Gasteiger partial charge in [0.25, 0.3) is 5.69 Å². The zero-order valence-electron chi connectivity index (χ0n) is 9.77. The summed E-state index contributed by atoms with van der Waals surface area (Å²) in [6.45, 7) is 0. The van der Waals surface area contributed by atoms with Gasteiger partial charge in [0.15, 0.2) is 9.84 Å². The second-order valence-electron chi connectivity index (χ2n) is 3.67. The fourth-order valence-corrected chi connectivity index (χ4v) is 4.75. The lowest BCUT2D eigenvalue weighted by molar-refractivity contribution is -0.387. The molecule has 0 aliphatic heterocycles. The third-order valence-corrected chi connectivity index (χ3v) is 5.75. The first-order valence-electron chi connectivity index (χ1n) is 5.08. The molecule has 2 rings (SSSR count). The van der Waals surface area contributed by atoms with Gasteiger partial charge in [-0.1, -0.05) is 23.9 Å². The average molecular weight is 315 g/mol. The first kappa shape index (κ1) is 14.0. The number of nitrogens with zero attached hydrogens (tertiary/aromatic N) is 1. The molecule has 1 aromatic carbocycles. The van der Waals surface area contributed by atoms with E-state index in [9.17, 15) is 18.5 Å². The molecule has 0 unspecified atom stereocenters. The topological polar surface area (TPSA) is 77.3 Å². The van der Waals surface area contributed by atoms with E-state index in [1.54, 1.807) is 23.6 Å². The summed E-state index contributed by atoms with van der Waals surface area (Å²) in [5.74, 6) is 0. The number of benzene rings is 1. The first-order chi connectivity index (χ1) is 8.89. The van der Waals surface area contributed by atoms with Crippen LogP contribution >= 0.6 is 23.1 Å². The molecule has 0 saturated carbocycles. The Morgan fingerprint density at radius 1 is 1.26 bits per heavy atom. The molecular formula is C11H9NO4S3. The van der Waals surface area contributed by atoms with Gasteiger partial charge in [0, 0.05) is 17.2 Å². The van der Waals surface area contributed by atoms with Gasteiger partial charge in [-0.15, -0.1) is 11.3 Å². The van der Waals surface area contributed by atoms with Crippen LogP contribution in [-0.4, -0.2) is 19.6 Å². The van der Waals surface area contributed by atoms with E-state index in [0.29, 0.717) is 9.10 Å². The molecule has 1 aromatic heterocycles. The molecule has 0 bridgehead atoms. The highest BCUT2D eigenvalue weighted by atomic mass is 32.2. The Hall–Kier alpha value is -1.38. The molecule has 0 atom stereocenters. The molecule has 0 saturated heterocycles. The monoisotopic (exact) mass is 315 g/mol. The number of nitro groups is 1. The highest BCUT2D eigenvalue weighted by Crippen LogP contribution is 2.41. The summed E-state index contributed by atoms with van der Waals surface area (Å²) in [7, 11) is -3.36. The van der Waals surface area contributed by atoms with Crippen LogP contribution in [0.25, 0.3) is 0 Å². The number of sulfone groups is 1. The molecule has 8 heteroatoms. The second kappa shape index (κ2) is 5.32. The molecule has 2 aromatic rings. The molecule has 1 heterocycles. The van der Waals surface area contributed by atoms with Crippen LogP contribution in [0.15, 0.2) is 49.7 Å². The van der Waals surface area contributed by atoms with Crippen LogP contribution in [0.3, 0.4) is 0 Å². The zero-order valence-corrected chi connectivity index (χ0v) is 12.2. The van der Waals surface area contributed by atoms with Crippen molar-refractivity contribution < 1.29 is 13.3 Å². The van der Waals surface area contributed by atoms with E-state index in [-0.39, 0.29) is 10.6 Å². The van der Waals surface area contributed by atoms with Crippen LogP contribution < -0.4 is 0 Å². The largest absolute Gasteiger partial charge is 0.294 e. The van der Waals surface area contributed by atoms with Crippen LogP contribution in [0.2, 0.25) is 0 Å². The Balaban J connectivity index is 2.45. The molecule has 100 valence electrons. The Labute approximate surface area is 118 Å². The summed E-state index contributed by atoms with van der Waals surface area (Å²) in [4.78, 5) is 11.0. The first-order valence-corrected chi connectivity index (χ1v) is 8.67. The third-order valence-electron chi connectivity index (χ3n) is 2.26. The fraction of sp³-hybridized carbons (Fsp3) is 0.0909. The van der Waals surface area contributed by atoms with Crippen molar-refractivity contribution in [1.29, 1.82) is 0 Å². The maximum Gasteiger partial charge on any atom is 0.294 e. The fourth-order valence-electron chi connectivity index (χ4n) is 1.44. The molecule has 0 aliphatic rings. The highest BCUT2D eigenvalue weighted by molar-refractivity contribution is 8.02.